The highest BCUT2D eigenvalue weighted by Crippen LogP contribution is 2.20. The van der Waals surface area contributed by atoms with Crippen molar-refractivity contribution < 1.29 is 9.13 Å². The molecule has 2 unspecified atom stereocenters. The Hall–Kier alpha value is -1.97. The molecule has 0 bridgehead atoms. The standard InChI is InChI=1S/C29H45FN2O/c1-4-6-7-8-9-10-11-12-13-14-15-25-16-18-26(19-17-25)29-31-21-28(22-32-29)33-23-27(30)20-24(3)5-2/h16-19,21-22,24,27H,4-15,20,23H2,1-3H3. The summed E-state index contributed by atoms with van der Waals surface area (Å²) in [7, 11) is 0. The molecule has 0 radical (unpaired) electrons. The summed E-state index contributed by atoms with van der Waals surface area (Å²) in [6.45, 7) is 6.47. The predicted octanol–water partition coefficient (Wildman–Crippen LogP) is 8.76. The van der Waals surface area contributed by atoms with E-state index in [4.69, 9.17) is 4.74 Å². The molecule has 0 aliphatic rings. The van der Waals surface area contributed by atoms with Gasteiger partial charge in [-0.05, 0) is 30.7 Å². The largest absolute Gasteiger partial charge is 0.487 e. The van der Waals surface area contributed by atoms with E-state index in [9.17, 15) is 4.39 Å². The van der Waals surface area contributed by atoms with Crippen molar-refractivity contribution in [1.29, 1.82) is 0 Å². The van der Waals surface area contributed by atoms with Gasteiger partial charge in [-0.1, -0.05) is 109 Å². The van der Waals surface area contributed by atoms with E-state index in [-0.39, 0.29) is 6.61 Å². The van der Waals surface area contributed by atoms with Gasteiger partial charge in [-0.25, -0.2) is 14.4 Å². The molecule has 3 nitrogen and oxygen atoms in total. The fraction of sp³-hybridized carbons (Fsp3) is 0.655. The number of unbranched alkanes of at least 4 members (excludes halogenated alkanes) is 9. The van der Waals surface area contributed by atoms with Crippen LogP contribution in [0.1, 0.15) is 103 Å². The Balaban J connectivity index is 1.64. The fourth-order valence-corrected chi connectivity index (χ4v) is 4.03. The lowest BCUT2D eigenvalue weighted by atomic mass is 10.0. The number of rotatable bonds is 18. The average Bonchev–Trinajstić information content (AvgIpc) is 2.84. The van der Waals surface area contributed by atoms with E-state index in [2.05, 4.69) is 55.0 Å². The summed E-state index contributed by atoms with van der Waals surface area (Å²) in [4.78, 5) is 8.80. The minimum Gasteiger partial charge on any atom is -0.487 e. The van der Waals surface area contributed by atoms with Crippen LogP contribution in [0.2, 0.25) is 0 Å². The van der Waals surface area contributed by atoms with Gasteiger partial charge >= 0.3 is 0 Å². The molecule has 0 saturated carbocycles. The molecule has 2 aromatic rings. The highest BCUT2D eigenvalue weighted by molar-refractivity contribution is 5.55. The second-order valence-corrected chi connectivity index (χ2v) is 9.53. The van der Waals surface area contributed by atoms with E-state index in [0.717, 1.165) is 18.4 Å². The van der Waals surface area contributed by atoms with Crippen LogP contribution in [-0.2, 0) is 6.42 Å². The maximum absolute atomic E-state index is 14.0. The van der Waals surface area contributed by atoms with Gasteiger partial charge in [-0.3, -0.25) is 0 Å². The monoisotopic (exact) mass is 456 g/mol. The zero-order valence-corrected chi connectivity index (χ0v) is 21.2. The molecule has 2 atom stereocenters. The maximum atomic E-state index is 14.0. The molecule has 4 heteroatoms. The lowest BCUT2D eigenvalue weighted by Gasteiger charge is -2.13. The number of nitrogens with zero attached hydrogens (tertiary/aromatic N) is 2. The van der Waals surface area contributed by atoms with Crippen LogP contribution in [0.4, 0.5) is 4.39 Å². The minimum atomic E-state index is -0.956. The minimum absolute atomic E-state index is 0.0563. The van der Waals surface area contributed by atoms with Gasteiger partial charge in [0.25, 0.3) is 0 Å². The smallest absolute Gasteiger partial charge is 0.159 e. The topological polar surface area (TPSA) is 35.0 Å². The van der Waals surface area contributed by atoms with Gasteiger partial charge in [0.2, 0.25) is 0 Å². The summed E-state index contributed by atoms with van der Waals surface area (Å²) in [5, 5.41) is 0. The van der Waals surface area contributed by atoms with E-state index < -0.39 is 6.17 Å². The van der Waals surface area contributed by atoms with Crippen molar-refractivity contribution in [2.75, 3.05) is 6.61 Å². The van der Waals surface area contributed by atoms with Crippen molar-refractivity contribution in [3.05, 3.63) is 42.2 Å². The number of hydrogen-bond acceptors (Lipinski definition) is 3. The van der Waals surface area contributed by atoms with Gasteiger partial charge in [0, 0.05) is 5.56 Å². The van der Waals surface area contributed by atoms with Gasteiger partial charge < -0.3 is 4.74 Å². The van der Waals surface area contributed by atoms with Crippen molar-refractivity contribution >= 4 is 0 Å². The number of alkyl halides is 1. The average molecular weight is 457 g/mol. The molecule has 0 spiro atoms. The van der Waals surface area contributed by atoms with E-state index >= 15 is 0 Å². The lowest BCUT2D eigenvalue weighted by molar-refractivity contribution is 0.169. The molecular weight excluding hydrogens is 411 g/mol. The van der Waals surface area contributed by atoms with Gasteiger partial charge in [0.1, 0.15) is 12.8 Å². The van der Waals surface area contributed by atoms with Crippen molar-refractivity contribution in [2.45, 2.75) is 110 Å². The number of aromatic nitrogens is 2. The first-order valence-electron chi connectivity index (χ1n) is 13.3. The van der Waals surface area contributed by atoms with Crippen LogP contribution in [0.15, 0.2) is 36.7 Å². The van der Waals surface area contributed by atoms with Crippen LogP contribution < -0.4 is 4.74 Å². The van der Waals surface area contributed by atoms with Crippen molar-refractivity contribution in [1.82, 2.24) is 9.97 Å². The Morgan fingerprint density at radius 3 is 1.97 bits per heavy atom. The zero-order valence-electron chi connectivity index (χ0n) is 21.2. The second-order valence-electron chi connectivity index (χ2n) is 9.53. The number of benzene rings is 1. The summed E-state index contributed by atoms with van der Waals surface area (Å²) >= 11 is 0. The summed E-state index contributed by atoms with van der Waals surface area (Å²) in [5.74, 6) is 1.56. The zero-order chi connectivity index (χ0) is 23.7. The first-order valence-corrected chi connectivity index (χ1v) is 13.3. The Morgan fingerprint density at radius 2 is 1.39 bits per heavy atom. The Kier molecular flexibility index (Phi) is 13.7. The molecule has 184 valence electrons. The molecule has 2 rings (SSSR count). The van der Waals surface area contributed by atoms with Crippen LogP contribution in [-0.4, -0.2) is 22.7 Å². The van der Waals surface area contributed by atoms with Crippen molar-refractivity contribution in [3.8, 4) is 17.1 Å². The number of hydrogen-bond donors (Lipinski definition) is 0. The van der Waals surface area contributed by atoms with Crippen LogP contribution in [0, 0.1) is 5.92 Å². The third-order valence-electron chi connectivity index (χ3n) is 6.45. The molecule has 0 amide bonds. The Bertz CT molecular complexity index is 732. The van der Waals surface area contributed by atoms with E-state index in [1.165, 1.54) is 69.8 Å². The van der Waals surface area contributed by atoms with Crippen molar-refractivity contribution in [3.63, 3.8) is 0 Å². The third-order valence-corrected chi connectivity index (χ3v) is 6.45. The molecule has 0 aliphatic heterocycles. The number of aryl methyl sites for hydroxylation is 1. The Morgan fingerprint density at radius 1 is 0.818 bits per heavy atom. The summed E-state index contributed by atoms with van der Waals surface area (Å²) < 4.78 is 19.5. The first kappa shape index (κ1) is 27.3. The highest BCUT2D eigenvalue weighted by Gasteiger charge is 2.12. The van der Waals surface area contributed by atoms with E-state index in [0.29, 0.717) is 23.9 Å². The van der Waals surface area contributed by atoms with Gasteiger partial charge in [0.15, 0.2) is 11.6 Å². The molecule has 0 fully saturated rings. The molecule has 0 saturated heterocycles. The molecule has 0 aliphatic carbocycles. The molecule has 33 heavy (non-hydrogen) atoms. The Labute approximate surface area is 201 Å². The predicted molar refractivity (Wildman–Crippen MR) is 137 cm³/mol. The van der Waals surface area contributed by atoms with Crippen LogP contribution in [0.25, 0.3) is 11.4 Å². The maximum Gasteiger partial charge on any atom is 0.159 e. The third kappa shape index (κ3) is 11.6. The fourth-order valence-electron chi connectivity index (χ4n) is 4.03. The first-order chi connectivity index (χ1) is 16.1. The van der Waals surface area contributed by atoms with E-state index in [1.54, 1.807) is 12.4 Å². The molecular formula is C29H45FN2O. The second kappa shape index (κ2) is 16.6. The van der Waals surface area contributed by atoms with Gasteiger partial charge in [-0.2, -0.15) is 0 Å². The van der Waals surface area contributed by atoms with Crippen LogP contribution in [0.3, 0.4) is 0 Å². The summed E-state index contributed by atoms with van der Waals surface area (Å²) in [6, 6.07) is 8.54. The highest BCUT2D eigenvalue weighted by atomic mass is 19.1. The molecule has 0 N–H and O–H groups in total. The normalized spacial score (nSPS) is 13.1. The molecule has 1 aromatic heterocycles. The number of halogens is 1. The van der Waals surface area contributed by atoms with Gasteiger partial charge in [0.05, 0.1) is 12.4 Å². The van der Waals surface area contributed by atoms with Crippen LogP contribution in [0.5, 0.6) is 5.75 Å². The number of ether oxygens (including phenoxy) is 1. The summed E-state index contributed by atoms with van der Waals surface area (Å²) in [5.41, 5.74) is 2.36. The molecule has 1 aromatic carbocycles. The lowest BCUT2D eigenvalue weighted by Crippen LogP contribution is -2.16. The van der Waals surface area contributed by atoms with E-state index in [1.807, 2.05) is 0 Å². The van der Waals surface area contributed by atoms with Crippen LogP contribution >= 0.6 is 0 Å². The van der Waals surface area contributed by atoms with Gasteiger partial charge in [-0.15, -0.1) is 0 Å². The summed E-state index contributed by atoms with van der Waals surface area (Å²) in [6.07, 6.45) is 18.6. The SMILES string of the molecule is CCCCCCCCCCCCc1ccc(-c2ncc(OCC(F)CC(C)CC)cn2)cc1. The van der Waals surface area contributed by atoms with Crippen molar-refractivity contribution in [2.24, 2.45) is 5.92 Å². The quantitative estimate of drug-likeness (QED) is 0.210. The molecule has 1 heterocycles.